The number of aromatic nitrogens is 2. The predicted octanol–water partition coefficient (Wildman–Crippen LogP) is 6.37. The highest BCUT2D eigenvalue weighted by atomic mass is 35.5. The summed E-state index contributed by atoms with van der Waals surface area (Å²) in [7, 11) is 0. The average molecular weight is 682 g/mol. The first-order chi connectivity index (χ1) is 22.0. The van der Waals surface area contributed by atoms with E-state index in [1.54, 1.807) is 20.4 Å². The van der Waals surface area contributed by atoms with Gasteiger partial charge < -0.3 is 9.80 Å². The Morgan fingerprint density at radius 2 is 1.83 bits per heavy atom. The Bertz CT molecular complexity index is 1750. The molecule has 0 saturated carbocycles. The van der Waals surface area contributed by atoms with Crippen LogP contribution in [0.3, 0.4) is 0 Å². The van der Waals surface area contributed by atoms with E-state index in [-0.39, 0.29) is 46.6 Å². The van der Waals surface area contributed by atoms with Crippen molar-refractivity contribution in [3.63, 3.8) is 0 Å². The van der Waals surface area contributed by atoms with Gasteiger partial charge in [0, 0.05) is 64.9 Å². The van der Waals surface area contributed by atoms with Crippen LogP contribution >= 0.6 is 23.4 Å². The lowest BCUT2D eigenvalue weighted by Gasteiger charge is -2.41. The Hall–Kier alpha value is -3.16. The molecule has 0 radical (unpaired) electrons. The van der Waals surface area contributed by atoms with Crippen LogP contribution in [0.5, 0.6) is 0 Å². The molecule has 0 bridgehead atoms. The third kappa shape index (κ3) is 6.13. The van der Waals surface area contributed by atoms with E-state index in [1.807, 2.05) is 11.8 Å². The summed E-state index contributed by atoms with van der Waals surface area (Å²) in [6, 6.07) is 2.32. The van der Waals surface area contributed by atoms with Gasteiger partial charge in [0.15, 0.2) is 11.6 Å². The standard InChI is InChI=1S/C32H33ClF5N5O2S/c1-3-27(44)41-8-9-42(17(2)14-41)31-21-11-22(33)28(20-12-24(35)25(36)13-23(20)34)30-29(21)43(32(45)39-31)19(16-46-30)10-18-4-6-40(7-5-18)15-26(37)38/h3,11-13,17-19,26H,1,4-10,14-16H2,2H3/t17-,19-/m0/s1. The summed E-state index contributed by atoms with van der Waals surface area (Å²) < 4.78 is 71.0. The van der Waals surface area contributed by atoms with Crippen molar-refractivity contribution in [2.24, 2.45) is 5.92 Å². The molecule has 2 atom stereocenters. The average Bonchev–Trinajstić information content (AvgIpc) is 3.01. The Morgan fingerprint density at radius 1 is 1.11 bits per heavy atom. The van der Waals surface area contributed by atoms with Crippen LogP contribution < -0.4 is 10.6 Å². The van der Waals surface area contributed by atoms with E-state index < -0.39 is 29.6 Å². The maximum atomic E-state index is 15.2. The minimum absolute atomic E-state index is 0.0890. The van der Waals surface area contributed by atoms with Gasteiger partial charge in [-0.1, -0.05) is 18.2 Å². The van der Waals surface area contributed by atoms with E-state index in [9.17, 15) is 27.2 Å². The second-order valence-corrected chi connectivity index (χ2v) is 13.6. The molecule has 14 heteroatoms. The summed E-state index contributed by atoms with van der Waals surface area (Å²) in [5.74, 6) is -2.77. The molecule has 0 aliphatic carbocycles. The molecule has 7 nitrogen and oxygen atoms in total. The lowest BCUT2D eigenvalue weighted by Crippen LogP contribution is -2.54. The first-order valence-corrected chi connectivity index (χ1v) is 16.6. The van der Waals surface area contributed by atoms with E-state index in [0.29, 0.717) is 85.4 Å². The van der Waals surface area contributed by atoms with Gasteiger partial charge in [0.2, 0.25) is 5.91 Å². The van der Waals surface area contributed by atoms with Gasteiger partial charge >= 0.3 is 5.69 Å². The van der Waals surface area contributed by atoms with Crippen molar-refractivity contribution in [3.05, 3.63) is 63.8 Å². The number of rotatable bonds is 7. The molecule has 4 heterocycles. The van der Waals surface area contributed by atoms with Crippen LogP contribution in [0.4, 0.5) is 27.8 Å². The smallest absolute Gasteiger partial charge is 0.350 e. The van der Waals surface area contributed by atoms with E-state index in [0.717, 1.165) is 6.07 Å². The number of amides is 1. The number of hydrogen-bond acceptors (Lipinski definition) is 6. The molecule has 3 aliphatic rings. The fourth-order valence-corrected chi connectivity index (χ4v) is 8.72. The van der Waals surface area contributed by atoms with E-state index in [1.165, 1.54) is 17.8 Å². The molecular weight excluding hydrogens is 649 g/mol. The predicted molar refractivity (Wildman–Crippen MR) is 169 cm³/mol. The molecular formula is C32H33ClF5N5O2S. The highest BCUT2D eigenvalue weighted by molar-refractivity contribution is 7.99. The fourth-order valence-electron chi connectivity index (χ4n) is 7.00. The Morgan fingerprint density at radius 3 is 2.50 bits per heavy atom. The minimum atomic E-state index is -2.40. The number of carbonyl (C=O) groups excluding carboxylic acids is 1. The summed E-state index contributed by atoms with van der Waals surface area (Å²) in [5.41, 5.74) is -0.0961. The summed E-state index contributed by atoms with van der Waals surface area (Å²) >= 11 is 8.19. The quantitative estimate of drug-likeness (QED) is 0.164. The maximum Gasteiger partial charge on any atom is 0.350 e. The van der Waals surface area contributed by atoms with Crippen molar-refractivity contribution < 1.29 is 26.7 Å². The first-order valence-electron chi connectivity index (χ1n) is 15.2. The number of thioether (sulfide) groups is 1. The Balaban J connectivity index is 1.46. The Kier molecular flexibility index (Phi) is 9.37. The van der Waals surface area contributed by atoms with Crippen molar-refractivity contribution in [3.8, 4) is 11.1 Å². The minimum Gasteiger partial charge on any atom is -0.350 e. The highest BCUT2D eigenvalue weighted by Gasteiger charge is 2.35. The van der Waals surface area contributed by atoms with Gasteiger partial charge in [-0.3, -0.25) is 14.3 Å². The van der Waals surface area contributed by atoms with Crippen LogP contribution in [0, 0.1) is 23.4 Å². The van der Waals surface area contributed by atoms with E-state index in [4.69, 9.17) is 11.6 Å². The molecule has 2 aromatic carbocycles. The van der Waals surface area contributed by atoms with E-state index >= 15 is 4.39 Å². The van der Waals surface area contributed by atoms with Gasteiger partial charge in [-0.2, -0.15) is 4.98 Å². The molecule has 0 spiro atoms. The van der Waals surface area contributed by atoms with Crippen molar-refractivity contribution in [1.82, 2.24) is 19.4 Å². The number of nitrogens with zero attached hydrogens (tertiary/aromatic N) is 5. The molecule has 2 saturated heterocycles. The summed E-state index contributed by atoms with van der Waals surface area (Å²) in [5, 5.41) is 0.636. The number of alkyl halides is 2. The Labute approximate surface area is 272 Å². The van der Waals surface area contributed by atoms with E-state index in [2.05, 4.69) is 11.6 Å². The second-order valence-electron chi connectivity index (χ2n) is 12.2. The number of piperidine rings is 1. The zero-order chi connectivity index (χ0) is 32.9. The van der Waals surface area contributed by atoms with Gasteiger partial charge in [0.1, 0.15) is 11.6 Å². The second kappa shape index (κ2) is 13.2. The van der Waals surface area contributed by atoms with Crippen LogP contribution in [0.15, 0.2) is 40.5 Å². The number of benzene rings is 2. The molecule has 1 aromatic heterocycles. The normalized spacial score (nSPS) is 21.0. The van der Waals surface area contributed by atoms with Crippen molar-refractivity contribution >= 4 is 46.0 Å². The summed E-state index contributed by atoms with van der Waals surface area (Å²) in [4.78, 5) is 36.7. The lowest BCUT2D eigenvalue weighted by atomic mass is 9.90. The lowest BCUT2D eigenvalue weighted by molar-refractivity contribution is -0.126. The molecule has 1 amide bonds. The van der Waals surface area contributed by atoms with Gasteiger partial charge in [0.25, 0.3) is 6.43 Å². The zero-order valence-corrected chi connectivity index (χ0v) is 26.7. The van der Waals surface area contributed by atoms with Crippen molar-refractivity contribution in [1.29, 1.82) is 0 Å². The molecule has 246 valence electrons. The zero-order valence-electron chi connectivity index (χ0n) is 25.1. The molecule has 46 heavy (non-hydrogen) atoms. The molecule has 2 fully saturated rings. The molecule has 3 aliphatic heterocycles. The van der Waals surface area contributed by atoms with Crippen molar-refractivity contribution in [2.75, 3.05) is 49.9 Å². The highest BCUT2D eigenvalue weighted by Crippen LogP contribution is 2.49. The van der Waals surface area contributed by atoms with Crippen LogP contribution in [-0.4, -0.2) is 82.7 Å². The number of carbonyl (C=O) groups is 1. The maximum absolute atomic E-state index is 15.2. The number of hydrogen-bond donors (Lipinski definition) is 0. The van der Waals surface area contributed by atoms with Crippen LogP contribution in [0.2, 0.25) is 5.02 Å². The van der Waals surface area contributed by atoms with Gasteiger partial charge in [-0.15, -0.1) is 11.8 Å². The topological polar surface area (TPSA) is 61.7 Å². The SMILES string of the molecule is C=CC(=O)N1CCN(c2nc(=O)n3c4c(c(-c5cc(F)c(F)cc5F)c(Cl)cc24)SC[C@@H]3CC2CCN(CC(F)F)CC2)[C@@H](C)C1. The number of likely N-dealkylation sites (tertiary alicyclic amines) is 1. The monoisotopic (exact) mass is 681 g/mol. The third-order valence-electron chi connectivity index (χ3n) is 9.26. The van der Waals surface area contributed by atoms with Gasteiger partial charge in [-0.05, 0) is 63.4 Å². The third-order valence-corrected chi connectivity index (χ3v) is 10.8. The largest absolute Gasteiger partial charge is 0.350 e. The number of halogens is 6. The van der Waals surface area contributed by atoms with Crippen LogP contribution in [0.1, 0.15) is 32.2 Å². The summed E-state index contributed by atoms with van der Waals surface area (Å²) in [6.07, 6.45) is 0.894. The van der Waals surface area contributed by atoms with Crippen LogP contribution in [-0.2, 0) is 4.79 Å². The molecule has 0 unspecified atom stereocenters. The number of anilines is 1. The number of piperazine rings is 1. The summed E-state index contributed by atoms with van der Waals surface area (Å²) in [6.45, 7) is 7.44. The fraction of sp³-hybridized carbons (Fsp3) is 0.469. The first kappa shape index (κ1) is 32.8. The molecule has 0 N–H and O–H groups in total. The van der Waals surface area contributed by atoms with Gasteiger partial charge in [0.05, 0.1) is 17.1 Å². The molecule has 6 rings (SSSR count). The van der Waals surface area contributed by atoms with Gasteiger partial charge in [-0.25, -0.2) is 26.7 Å². The molecule has 3 aromatic rings. The van der Waals surface area contributed by atoms with Crippen LogP contribution in [0.25, 0.3) is 22.0 Å². The van der Waals surface area contributed by atoms with Crippen molar-refractivity contribution in [2.45, 2.75) is 49.6 Å².